The fourth-order valence-corrected chi connectivity index (χ4v) is 2.34. The molecule has 164 valence electrons. The molecule has 0 saturated heterocycles. The Morgan fingerprint density at radius 1 is 0.467 bits per heavy atom. The Morgan fingerprint density at radius 3 is 0.733 bits per heavy atom. The molecule has 6 N–H and O–H groups in total. The molecule has 0 atom stereocenters. The molecule has 0 aliphatic heterocycles. The summed E-state index contributed by atoms with van der Waals surface area (Å²) in [7, 11) is 0.375. The third kappa shape index (κ3) is 41.0. The summed E-state index contributed by atoms with van der Waals surface area (Å²) in [6.45, 7) is 0. The zero-order valence-electron chi connectivity index (χ0n) is 17.0. The summed E-state index contributed by atoms with van der Waals surface area (Å²) in [5.41, 5.74) is 11.3. The Balaban J connectivity index is -0.000000142. The molecule has 0 radical (unpaired) electrons. The van der Waals surface area contributed by atoms with Gasteiger partial charge >= 0.3 is 86.1 Å². The van der Waals surface area contributed by atoms with Gasteiger partial charge in [-0.15, -0.1) is 0 Å². The van der Waals surface area contributed by atoms with Crippen LogP contribution in [0.25, 0.3) is 0 Å². The van der Waals surface area contributed by atoms with Crippen molar-refractivity contribution in [3.63, 3.8) is 0 Å². The minimum atomic E-state index is 0. The predicted octanol–water partition coefficient (Wildman–Crippen LogP) is -1.47. The van der Waals surface area contributed by atoms with Crippen molar-refractivity contribution in [1.82, 2.24) is 0 Å². The molecule has 12 nitrogen and oxygen atoms in total. The summed E-state index contributed by atoms with van der Waals surface area (Å²) >= 11 is 0. The molecule has 0 amide bonds. The SMILES string of the molecule is NC1CCCCC1.NC1CCCCC1.O.O=BOB=O.O=BOB=O.O=BOB=O. The van der Waals surface area contributed by atoms with Crippen LogP contribution < -0.4 is 11.5 Å². The standard InChI is InChI=1S/2C6H13N.3B2O3.H2O/c2*7-6-4-2-1-3-5-6;3*3-1-5-2-4;/h2*6H,1-5,7H2;;;;1H2. The molecule has 0 aromatic carbocycles. The van der Waals surface area contributed by atoms with E-state index in [1.165, 1.54) is 64.2 Å². The van der Waals surface area contributed by atoms with Crippen LogP contribution >= 0.6 is 0 Å². The van der Waals surface area contributed by atoms with Gasteiger partial charge in [0.25, 0.3) is 0 Å². The molecule has 0 spiro atoms. The first kappa shape index (κ1) is 35.9. The molecule has 0 unspecified atom stereocenters. The maximum atomic E-state index is 8.95. The van der Waals surface area contributed by atoms with Crippen molar-refractivity contribution in [1.29, 1.82) is 0 Å². The number of nitrogens with two attached hydrogens (primary N) is 2. The molecular weight excluding hydrogens is 397 g/mol. The summed E-state index contributed by atoms with van der Waals surface area (Å²) in [5, 5.41) is 0. The van der Waals surface area contributed by atoms with Crippen molar-refractivity contribution in [2.45, 2.75) is 76.3 Å². The first-order valence-corrected chi connectivity index (χ1v) is 9.13. The topological polar surface area (TPSA) is 214 Å². The normalized spacial score (nSPS) is 13.8. The van der Waals surface area contributed by atoms with Gasteiger partial charge in [-0.2, -0.15) is 0 Å². The Hall–Kier alpha value is -1.53. The first-order chi connectivity index (χ1) is 14.0. The van der Waals surface area contributed by atoms with Crippen LogP contribution in [0.5, 0.6) is 0 Å². The van der Waals surface area contributed by atoms with Crippen molar-refractivity contribution in [3.8, 4) is 0 Å². The van der Waals surface area contributed by atoms with Crippen LogP contribution in [0.15, 0.2) is 0 Å². The van der Waals surface area contributed by atoms with Crippen molar-refractivity contribution in [2.24, 2.45) is 11.5 Å². The molecule has 2 aliphatic rings. The van der Waals surface area contributed by atoms with E-state index >= 15 is 0 Å². The van der Waals surface area contributed by atoms with E-state index in [9.17, 15) is 0 Å². The zero-order chi connectivity index (χ0) is 22.6. The van der Waals surface area contributed by atoms with E-state index in [1.807, 2.05) is 0 Å². The second-order valence-electron chi connectivity index (χ2n) is 5.78. The van der Waals surface area contributed by atoms with E-state index in [0.717, 1.165) is 0 Å². The van der Waals surface area contributed by atoms with Crippen LogP contribution in [-0.2, 0) is 41.9 Å². The van der Waals surface area contributed by atoms with E-state index in [-0.39, 0.29) is 49.6 Å². The molecule has 2 saturated carbocycles. The second kappa shape index (κ2) is 34.9. The van der Waals surface area contributed by atoms with Gasteiger partial charge in [0, 0.05) is 12.1 Å². The molecule has 2 aliphatic carbocycles. The van der Waals surface area contributed by atoms with Gasteiger partial charge in [-0.3, -0.25) is 0 Å². The van der Waals surface area contributed by atoms with Crippen LogP contribution in [0.4, 0.5) is 0 Å². The van der Waals surface area contributed by atoms with Gasteiger partial charge in [-0.25, -0.2) is 0 Å². The fourth-order valence-electron chi connectivity index (χ4n) is 2.34. The van der Waals surface area contributed by atoms with Crippen molar-refractivity contribution in [2.75, 3.05) is 0 Å². The molecular formula is C12H28B6N2O10. The molecule has 2 rings (SSSR count). The Kier molecular flexibility index (Phi) is 41.8. The van der Waals surface area contributed by atoms with Crippen LogP contribution in [0.3, 0.4) is 0 Å². The third-order valence-electron chi connectivity index (χ3n) is 3.63. The van der Waals surface area contributed by atoms with Gasteiger partial charge in [0.05, 0.1) is 0 Å². The average molecular weight is 425 g/mol. The van der Waals surface area contributed by atoms with Gasteiger partial charge in [0.1, 0.15) is 0 Å². The van der Waals surface area contributed by atoms with Crippen LogP contribution in [0, 0.1) is 0 Å². The van der Waals surface area contributed by atoms with Gasteiger partial charge in [-0.05, 0) is 25.7 Å². The van der Waals surface area contributed by atoms with E-state index in [2.05, 4.69) is 13.7 Å². The molecule has 0 bridgehead atoms. The second-order valence-corrected chi connectivity index (χ2v) is 5.78. The van der Waals surface area contributed by atoms with Crippen LogP contribution in [0.2, 0.25) is 0 Å². The van der Waals surface area contributed by atoms with Crippen LogP contribution in [-0.4, -0.2) is 61.7 Å². The molecule has 0 heterocycles. The first-order valence-electron chi connectivity index (χ1n) is 9.13. The van der Waals surface area contributed by atoms with Crippen LogP contribution in [0.1, 0.15) is 64.2 Å². The number of rotatable bonds is 6. The summed E-state index contributed by atoms with van der Waals surface area (Å²) in [6, 6.07) is 1.07. The molecule has 0 aromatic heterocycles. The summed E-state index contributed by atoms with van der Waals surface area (Å²) in [5.74, 6) is 0. The molecule has 2 fully saturated rings. The summed E-state index contributed by atoms with van der Waals surface area (Å²) < 4.78 is 64.1. The number of hydrogen-bond donors (Lipinski definition) is 2. The summed E-state index contributed by atoms with van der Waals surface area (Å²) in [6.07, 6.45) is 13.3. The monoisotopic (exact) mass is 426 g/mol. The minimum absolute atomic E-state index is 0. The van der Waals surface area contributed by atoms with E-state index in [1.54, 1.807) is 0 Å². The number of hydrogen-bond acceptors (Lipinski definition) is 11. The molecule has 0 aromatic rings. The van der Waals surface area contributed by atoms with Gasteiger partial charge < -0.3 is 16.9 Å². The van der Waals surface area contributed by atoms with Gasteiger partial charge in [0.15, 0.2) is 0 Å². The van der Waals surface area contributed by atoms with E-state index in [4.69, 9.17) is 39.7 Å². The van der Waals surface area contributed by atoms with Crippen molar-refractivity contribution >= 4 is 44.1 Å². The Bertz CT molecular complexity index is 348. The quantitative estimate of drug-likeness (QED) is 0.468. The van der Waals surface area contributed by atoms with E-state index in [0.29, 0.717) is 12.1 Å². The molecule has 30 heavy (non-hydrogen) atoms. The van der Waals surface area contributed by atoms with E-state index < -0.39 is 0 Å². The Morgan fingerprint density at radius 2 is 0.667 bits per heavy atom. The third-order valence-corrected chi connectivity index (χ3v) is 3.63. The van der Waals surface area contributed by atoms with Crippen molar-refractivity contribution < 1.29 is 47.4 Å². The zero-order valence-corrected chi connectivity index (χ0v) is 17.0. The van der Waals surface area contributed by atoms with Gasteiger partial charge in [0.2, 0.25) is 0 Å². The van der Waals surface area contributed by atoms with Gasteiger partial charge in [-0.1, -0.05) is 38.5 Å². The average Bonchev–Trinajstić information content (AvgIpc) is 2.73. The predicted molar refractivity (Wildman–Crippen MR) is 108 cm³/mol. The maximum absolute atomic E-state index is 8.95. The molecule has 18 heteroatoms. The summed E-state index contributed by atoms with van der Waals surface area (Å²) in [4.78, 5) is 0. The Labute approximate surface area is 179 Å². The fraction of sp³-hybridized carbons (Fsp3) is 1.00. The van der Waals surface area contributed by atoms with Crippen molar-refractivity contribution in [3.05, 3.63) is 0 Å².